The molecule has 1 aromatic heterocycles. The summed E-state index contributed by atoms with van der Waals surface area (Å²) in [5, 5.41) is 10.4. The molecule has 1 amide bonds. The van der Waals surface area contributed by atoms with Crippen molar-refractivity contribution in [3.8, 4) is 17.0 Å². The number of aromatic nitrogens is 1. The Morgan fingerprint density at radius 2 is 1.74 bits per heavy atom. The Kier molecular flexibility index (Phi) is 8.96. The standard InChI is InChI=1S/C27H22Cl2N4O4S/c1-16-3-9-20(10-4-16)31-27-32-23(15-38-27)18-5-7-19(8-6-18)26(35)33-30-13-17-11-21(28)25(22(29)12-17)37-14-24(34)36-2/h3-13,15H,14H2,1-2H3,(H,31,32)(H,33,35)/b30-13-. The maximum Gasteiger partial charge on any atom is 0.343 e. The van der Waals surface area contributed by atoms with E-state index in [9.17, 15) is 9.59 Å². The zero-order valence-electron chi connectivity index (χ0n) is 20.3. The first kappa shape index (κ1) is 27.1. The summed E-state index contributed by atoms with van der Waals surface area (Å²) in [6.45, 7) is 1.71. The van der Waals surface area contributed by atoms with Crippen LogP contribution in [-0.2, 0) is 9.53 Å². The summed E-state index contributed by atoms with van der Waals surface area (Å²) in [6, 6.07) is 18.2. The average Bonchev–Trinajstić information content (AvgIpc) is 3.38. The average molecular weight is 569 g/mol. The van der Waals surface area contributed by atoms with E-state index in [2.05, 4.69) is 25.6 Å². The smallest absolute Gasteiger partial charge is 0.343 e. The minimum Gasteiger partial charge on any atom is -0.479 e. The highest BCUT2D eigenvalue weighted by molar-refractivity contribution is 7.14. The van der Waals surface area contributed by atoms with Crippen molar-refractivity contribution in [1.82, 2.24) is 10.4 Å². The lowest BCUT2D eigenvalue weighted by Crippen LogP contribution is -2.17. The number of nitrogens with one attached hydrogen (secondary N) is 2. The maximum absolute atomic E-state index is 12.5. The van der Waals surface area contributed by atoms with E-state index in [4.69, 9.17) is 27.9 Å². The molecule has 3 aromatic carbocycles. The third-order valence-electron chi connectivity index (χ3n) is 5.21. The van der Waals surface area contributed by atoms with E-state index in [0.717, 1.165) is 22.1 Å². The Morgan fingerprint density at radius 3 is 2.39 bits per heavy atom. The van der Waals surface area contributed by atoms with E-state index >= 15 is 0 Å². The monoisotopic (exact) mass is 568 g/mol. The topological polar surface area (TPSA) is 102 Å². The fourth-order valence-electron chi connectivity index (χ4n) is 3.23. The first-order valence-corrected chi connectivity index (χ1v) is 12.9. The molecule has 4 rings (SSSR count). The van der Waals surface area contributed by atoms with Crippen molar-refractivity contribution in [3.05, 3.63) is 92.8 Å². The lowest BCUT2D eigenvalue weighted by molar-refractivity contribution is -0.142. The van der Waals surface area contributed by atoms with E-state index in [0.29, 0.717) is 11.1 Å². The summed E-state index contributed by atoms with van der Waals surface area (Å²) in [5.41, 5.74) is 7.29. The molecule has 0 atom stereocenters. The molecular weight excluding hydrogens is 547 g/mol. The van der Waals surface area contributed by atoms with Crippen molar-refractivity contribution in [2.75, 3.05) is 19.0 Å². The van der Waals surface area contributed by atoms with Crippen LogP contribution in [0.4, 0.5) is 10.8 Å². The first-order valence-electron chi connectivity index (χ1n) is 11.2. The van der Waals surface area contributed by atoms with Crippen LogP contribution >= 0.6 is 34.5 Å². The number of amides is 1. The van der Waals surface area contributed by atoms with Crippen LogP contribution < -0.4 is 15.5 Å². The van der Waals surface area contributed by atoms with Gasteiger partial charge in [0, 0.05) is 22.2 Å². The van der Waals surface area contributed by atoms with Gasteiger partial charge < -0.3 is 14.8 Å². The number of nitrogens with zero attached hydrogens (tertiary/aromatic N) is 2. The molecular formula is C27H22Cl2N4O4S. The summed E-state index contributed by atoms with van der Waals surface area (Å²) in [6.07, 6.45) is 1.39. The highest BCUT2D eigenvalue weighted by Crippen LogP contribution is 2.34. The third kappa shape index (κ3) is 7.10. The quantitative estimate of drug-likeness (QED) is 0.136. The van der Waals surface area contributed by atoms with Gasteiger partial charge in [-0.1, -0.05) is 53.0 Å². The second-order valence-electron chi connectivity index (χ2n) is 7.98. The fourth-order valence-corrected chi connectivity index (χ4v) is 4.58. The minimum absolute atomic E-state index is 0.151. The number of hydrogen-bond donors (Lipinski definition) is 2. The Bertz CT molecular complexity index is 1450. The van der Waals surface area contributed by atoms with Crippen LogP contribution in [0.25, 0.3) is 11.3 Å². The van der Waals surface area contributed by atoms with Crippen LogP contribution in [0.2, 0.25) is 10.0 Å². The van der Waals surface area contributed by atoms with Crippen molar-refractivity contribution in [1.29, 1.82) is 0 Å². The molecule has 0 fully saturated rings. The van der Waals surface area contributed by atoms with E-state index in [1.807, 2.05) is 48.7 Å². The molecule has 11 heteroatoms. The van der Waals surface area contributed by atoms with Gasteiger partial charge in [0.05, 0.1) is 29.1 Å². The third-order valence-corrected chi connectivity index (χ3v) is 6.53. The summed E-state index contributed by atoms with van der Waals surface area (Å²) >= 11 is 13.9. The Balaban J connectivity index is 1.34. The SMILES string of the molecule is COC(=O)COc1c(Cl)cc(/C=N\NC(=O)c2ccc(-c3csc(Nc4ccc(C)cc4)n3)cc2)cc1Cl. The molecule has 0 saturated carbocycles. The molecule has 0 aliphatic carbocycles. The Hall–Kier alpha value is -3.92. The molecule has 0 saturated heterocycles. The molecule has 0 bridgehead atoms. The van der Waals surface area contributed by atoms with E-state index in [-0.39, 0.29) is 28.3 Å². The number of methoxy groups -OCH3 is 1. The van der Waals surface area contributed by atoms with Gasteiger partial charge in [-0.3, -0.25) is 4.79 Å². The van der Waals surface area contributed by atoms with Gasteiger partial charge in [-0.05, 0) is 48.9 Å². The Labute approximate surface area is 233 Å². The van der Waals surface area contributed by atoms with Crippen molar-refractivity contribution in [2.45, 2.75) is 6.92 Å². The predicted octanol–water partition coefficient (Wildman–Crippen LogP) is 6.48. The normalized spacial score (nSPS) is 10.8. The van der Waals surface area contributed by atoms with Crippen LogP contribution in [0.15, 0.2) is 71.1 Å². The minimum atomic E-state index is -0.565. The van der Waals surface area contributed by atoms with Crippen LogP contribution in [0.5, 0.6) is 5.75 Å². The molecule has 0 aliphatic rings. The maximum atomic E-state index is 12.5. The number of aryl methyl sites for hydroxylation is 1. The van der Waals surface area contributed by atoms with Crippen LogP contribution in [0, 0.1) is 6.92 Å². The van der Waals surface area contributed by atoms with Crippen molar-refractivity contribution >= 4 is 63.4 Å². The summed E-state index contributed by atoms with van der Waals surface area (Å²) in [7, 11) is 1.25. The molecule has 0 aliphatic heterocycles. The number of hydrazone groups is 1. The molecule has 4 aromatic rings. The molecule has 0 radical (unpaired) electrons. The first-order chi connectivity index (χ1) is 18.3. The van der Waals surface area contributed by atoms with Crippen LogP contribution in [0.1, 0.15) is 21.5 Å². The van der Waals surface area contributed by atoms with Gasteiger partial charge >= 0.3 is 5.97 Å². The number of carbonyl (C=O) groups is 2. The molecule has 194 valence electrons. The number of ether oxygens (including phenoxy) is 2. The molecule has 38 heavy (non-hydrogen) atoms. The lowest BCUT2D eigenvalue weighted by Gasteiger charge is -2.09. The molecule has 0 unspecified atom stereocenters. The molecule has 2 N–H and O–H groups in total. The Morgan fingerprint density at radius 1 is 1.05 bits per heavy atom. The number of esters is 1. The van der Waals surface area contributed by atoms with Gasteiger partial charge in [0.2, 0.25) is 0 Å². The van der Waals surface area contributed by atoms with Gasteiger partial charge in [-0.25, -0.2) is 15.2 Å². The van der Waals surface area contributed by atoms with Crippen molar-refractivity contribution in [3.63, 3.8) is 0 Å². The summed E-state index contributed by atoms with van der Waals surface area (Å²) in [5.74, 6) is -0.800. The van der Waals surface area contributed by atoms with E-state index < -0.39 is 5.97 Å². The van der Waals surface area contributed by atoms with Crippen molar-refractivity contribution < 1.29 is 19.1 Å². The van der Waals surface area contributed by atoms with Crippen LogP contribution in [-0.4, -0.2) is 36.8 Å². The number of rotatable bonds is 9. The molecule has 1 heterocycles. The lowest BCUT2D eigenvalue weighted by atomic mass is 10.1. The highest BCUT2D eigenvalue weighted by atomic mass is 35.5. The van der Waals surface area contributed by atoms with E-state index in [1.165, 1.54) is 30.2 Å². The number of carbonyl (C=O) groups excluding carboxylic acids is 2. The highest BCUT2D eigenvalue weighted by Gasteiger charge is 2.12. The van der Waals surface area contributed by atoms with Gasteiger partial charge in [0.1, 0.15) is 0 Å². The van der Waals surface area contributed by atoms with Gasteiger partial charge in [0.15, 0.2) is 17.5 Å². The predicted molar refractivity (Wildman–Crippen MR) is 151 cm³/mol. The summed E-state index contributed by atoms with van der Waals surface area (Å²) < 4.78 is 9.81. The number of hydrogen-bond acceptors (Lipinski definition) is 8. The fraction of sp³-hybridized carbons (Fsp3) is 0.111. The van der Waals surface area contributed by atoms with Gasteiger partial charge in [-0.2, -0.15) is 5.10 Å². The number of thiazole rings is 1. The summed E-state index contributed by atoms with van der Waals surface area (Å²) in [4.78, 5) is 28.4. The van der Waals surface area contributed by atoms with Crippen LogP contribution in [0.3, 0.4) is 0 Å². The van der Waals surface area contributed by atoms with Crippen molar-refractivity contribution in [2.24, 2.45) is 5.10 Å². The second-order valence-corrected chi connectivity index (χ2v) is 9.66. The second kappa shape index (κ2) is 12.6. The van der Waals surface area contributed by atoms with Gasteiger partial charge in [-0.15, -0.1) is 11.3 Å². The number of halogens is 2. The number of anilines is 2. The van der Waals surface area contributed by atoms with E-state index in [1.54, 1.807) is 24.3 Å². The zero-order chi connectivity index (χ0) is 27.1. The zero-order valence-corrected chi connectivity index (χ0v) is 22.7. The largest absolute Gasteiger partial charge is 0.479 e. The van der Waals surface area contributed by atoms with Gasteiger partial charge in [0.25, 0.3) is 5.91 Å². The molecule has 8 nitrogen and oxygen atoms in total. The number of benzene rings is 3. The molecule has 0 spiro atoms.